The first kappa shape index (κ1) is 9.21. The third-order valence-electron chi connectivity index (χ3n) is 3.26. The van der Waals surface area contributed by atoms with Crippen LogP contribution in [0.15, 0.2) is 24.3 Å². The molecular weight excluding hydrogens is 202 g/mol. The molecule has 16 heavy (non-hydrogen) atoms. The third kappa shape index (κ3) is 1.05. The molecule has 0 saturated heterocycles. The molecule has 0 aliphatic heterocycles. The fourth-order valence-corrected chi connectivity index (χ4v) is 2.53. The lowest BCUT2D eigenvalue weighted by molar-refractivity contribution is 0.0699. The first-order valence-electron chi connectivity index (χ1n) is 5.24. The van der Waals surface area contributed by atoms with E-state index in [1.807, 2.05) is 12.1 Å². The van der Waals surface area contributed by atoms with Crippen molar-refractivity contribution in [2.45, 2.75) is 12.8 Å². The first-order chi connectivity index (χ1) is 7.68. The monoisotopic (exact) mass is 213 g/mol. The number of carbonyl (C=O) groups is 1. The standard InChI is InChI=1S/C13H11NO2/c14-10-6-4-8-2-1-7-3-5-9(13(15)16)12(10)11(7)8/h3-6H,1-2,14H2,(H,15,16). The molecule has 2 aromatic carbocycles. The zero-order valence-electron chi connectivity index (χ0n) is 8.66. The lowest BCUT2D eigenvalue weighted by Gasteiger charge is -2.08. The summed E-state index contributed by atoms with van der Waals surface area (Å²) in [6.45, 7) is 0. The number of rotatable bonds is 1. The zero-order valence-corrected chi connectivity index (χ0v) is 8.66. The molecule has 3 nitrogen and oxygen atoms in total. The van der Waals surface area contributed by atoms with Crippen molar-refractivity contribution in [1.29, 1.82) is 0 Å². The highest BCUT2D eigenvalue weighted by Gasteiger charge is 2.20. The molecule has 0 heterocycles. The van der Waals surface area contributed by atoms with Crippen molar-refractivity contribution in [3.8, 4) is 0 Å². The molecule has 0 radical (unpaired) electrons. The quantitative estimate of drug-likeness (QED) is 0.714. The average molecular weight is 213 g/mol. The van der Waals surface area contributed by atoms with E-state index in [1.165, 1.54) is 11.1 Å². The minimum absolute atomic E-state index is 0.306. The van der Waals surface area contributed by atoms with Crippen LogP contribution in [0.5, 0.6) is 0 Å². The molecule has 1 aliphatic carbocycles. The largest absolute Gasteiger partial charge is 0.478 e. The number of aryl methyl sites for hydroxylation is 2. The molecule has 0 fully saturated rings. The van der Waals surface area contributed by atoms with Crippen molar-refractivity contribution in [1.82, 2.24) is 0 Å². The summed E-state index contributed by atoms with van der Waals surface area (Å²) in [4.78, 5) is 11.2. The Bertz CT molecular complexity index is 607. The lowest BCUT2D eigenvalue weighted by Crippen LogP contribution is -2.00. The van der Waals surface area contributed by atoms with Crippen LogP contribution < -0.4 is 5.73 Å². The highest BCUT2D eigenvalue weighted by Crippen LogP contribution is 2.36. The maximum absolute atomic E-state index is 11.2. The van der Waals surface area contributed by atoms with Crippen molar-refractivity contribution in [3.63, 3.8) is 0 Å². The van der Waals surface area contributed by atoms with Gasteiger partial charge in [-0.2, -0.15) is 0 Å². The third-order valence-corrected chi connectivity index (χ3v) is 3.26. The molecule has 0 bridgehead atoms. The molecule has 0 amide bonds. The summed E-state index contributed by atoms with van der Waals surface area (Å²) in [6.07, 6.45) is 1.96. The van der Waals surface area contributed by atoms with Gasteiger partial charge in [0.1, 0.15) is 0 Å². The molecule has 1 aliphatic rings. The van der Waals surface area contributed by atoms with Crippen LogP contribution in [0.4, 0.5) is 5.69 Å². The van der Waals surface area contributed by atoms with Gasteiger partial charge in [0.2, 0.25) is 0 Å². The van der Waals surface area contributed by atoms with Gasteiger partial charge in [0.25, 0.3) is 0 Å². The lowest BCUT2D eigenvalue weighted by atomic mass is 9.98. The van der Waals surface area contributed by atoms with Crippen molar-refractivity contribution in [2.75, 3.05) is 5.73 Å². The SMILES string of the molecule is Nc1ccc2c3c(ccc(C(=O)O)c13)CC2. The van der Waals surface area contributed by atoms with Crippen LogP contribution in [-0.4, -0.2) is 11.1 Å². The van der Waals surface area contributed by atoms with Crippen molar-refractivity contribution >= 4 is 22.4 Å². The summed E-state index contributed by atoms with van der Waals surface area (Å²) in [5, 5.41) is 10.9. The number of carboxylic acid groups (broad SMARTS) is 1. The Hall–Kier alpha value is -2.03. The number of hydrogen-bond acceptors (Lipinski definition) is 2. The molecule has 0 saturated carbocycles. The number of aromatic carboxylic acids is 1. The smallest absolute Gasteiger partial charge is 0.336 e. The van der Waals surface area contributed by atoms with Crippen molar-refractivity contribution in [2.24, 2.45) is 0 Å². The molecule has 0 unspecified atom stereocenters. The van der Waals surface area contributed by atoms with Crippen LogP contribution in [0, 0.1) is 0 Å². The minimum Gasteiger partial charge on any atom is -0.478 e. The second-order valence-corrected chi connectivity index (χ2v) is 4.14. The molecule has 0 spiro atoms. The van der Waals surface area contributed by atoms with Crippen LogP contribution in [0.3, 0.4) is 0 Å². The Morgan fingerprint density at radius 3 is 2.31 bits per heavy atom. The summed E-state index contributed by atoms with van der Waals surface area (Å²) in [6, 6.07) is 7.37. The predicted octanol–water partition coefficient (Wildman–Crippen LogP) is 2.22. The van der Waals surface area contributed by atoms with E-state index >= 15 is 0 Å². The van der Waals surface area contributed by atoms with Crippen LogP contribution in [-0.2, 0) is 12.8 Å². The van der Waals surface area contributed by atoms with Gasteiger partial charge in [0, 0.05) is 11.1 Å². The molecule has 3 heteroatoms. The highest BCUT2D eigenvalue weighted by atomic mass is 16.4. The molecule has 3 rings (SSSR count). The van der Waals surface area contributed by atoms with Crippen LogP contribution in [0.25, 0.3) is 10.8 Å². The topological polar surface area (TPSA) is 63.3 Å². The van der Waals surface area contributed by atoms with Gasteiger partial charge in [0.05, 0.1) is 5.56 Å². The Labute approximate surface area is 92.5 Å². The molecule has 0 atom stereocenters. The van der Waals surface area contributed by atoms with Crippen LogP contribution in [0.1, 0.15) is 21.5 Å². The molecular formula is C13H11NO2. The predicted molar refractivity (Wildman–Crippen MR) is 62.7 cm³/mol. The van der Waals surface area contributed by atoms with E-state index < -0.39 is 5.97 Å². The van der Waals surface area contributed by atoms with Gasteiger partial charge < -0.3 is 10.8 Å². The van der Waals surface area contributed by atoms with E-state index in [1.54, 1.807) is 12.1 Å². The van der Waals surface area contributed by atoms with Gasteiger partial charge >= 0.3 is 5.97 Å². The molecule has 0 aromatic heterocycles. The van der Waals surface area contributed by atoms with Gasteiger partial charge in [-0.1, -0.05) is 12.1 Å². The fraction of sp³-hybridized carbons (Fsp3) is 0.154. The number of carboxylic acids is 1. The Kier molecular flexibility index (Phi) is 1.72. The molecule has 2 aromatic rings. The van der Waals surface area contributed by atoms with E-state index in [4.69, 9.17) is 10.8 Å². The van der Waals surface area contributed by atoms with E-state index in [2.05, 4.69) is 0 Å². The Morgan fingerprint density at radius 1 is 1.06 bits per heavy atom. The maximum atomic E-state index is 11.2. The number of hydrogen-bond donors (Lipinski definition) is 2. The second-order valence-electron chi connectivity index (χ2n) is 4.14. The minimum atomic E-state index is -0.915. The second kappa shape index (κ2) is 2.98. The Balaban J connectivity index is 2.53. The van der Waals surface area contributed by atoms with E-state index in [-0.39, 0.29) is 0 Å². The number of nitrogen functional groups attached to an aromatic ring is 1. The van der Waals surface area contributed by atoms with Gasteiger partial charge in [0.15, 0.2) is 0 Å². The van der Waals surface area contributed by atoms with Crippen molar-refractivity contribution in [3.05, 3.63) is 41.0 Å². The fourth-order valence-electron chi connectivity index (χ4n) is 2.53. The zero-order chi connectivity index (χ0) is 11.3. The van der Waals surface area contributed by atoms with Gasteiger partial charge in [-0.25, -0.2) is 4.79 Å². The Morgan fingerprint density at radius 2 is 1.69 bits per heavy atom. The summed E-state index contributed by atoms with van der Waals surface area (Å²) < 4.78 is 0. The number of anilines is 1. The summed E-state index contributed by atoms with van der Waals surface area (Å²) in [7, 11) is 0. The van der Waals surface area contributed by atoms with Gasteiger partial charge in [-0.05, 0) is 41.5 Å². The maximum Gasteiger partial charge on any atom is 0.336 e. The number of nitrogens with two attached hydrogens (primary N) is 1. The summed E-state index contributed by atoms with van der Waals surface area (Å²) in [5.74, 6) is -0.915. The average Bonchev–Trinajstić information content (AvgIpc) is 2.67. The summed E-state index contributed by atoms with van der Waals surface area (Å²) in [5.41, 5.74) is 9.18. The van der Waals surface area contributed by atoms with E-state index in [0.29, 0.717) is 16.6 Å². The van der Waals surface area contributed by atoms with Gasteiger partial charge in [-0.3, -0.25) is 0 Å². The normalized spacial score (nSPS) is 13.2. The van der Waals surface area contributed by atoms with Crippen LogP contribution >= 0.6 is 0 Å². The van der Waals surface area contributed by atoms with E-state index in [9.17, 15) is 4.79 Å². The van der Waals surface area contributed by atoms with E-state index in [0.717, 1.165) is 18.2 Å². The highest BCUT2D eigenvalue weighted by molar-refractivity contribution is 6.11. The van der Waals surface area contributed by atoms with Crippen LogP contribution in [0.2, 0.25) is 0 Å². The van der Waals surface area contributed by atoms with Crippen molar-refractivity contribution < 1.29 is 9.90 Å². The molecule has 80 valence electrons. The summed E-state index contributed by atoms with van der Waals surface area (Å²) >= 11 is 0. The molecule has 3 N–H and O–H groups in total. The first-order valence-corrected chi connectivity index (χ1v) is 5.24. The number of benzene rings is 2. The van der Waals surface area contributed by atoms with Gasteiger partial charge in [-0.15, -0.1) is 0 Å².